The average molecular weight is 625 g/mol. The minimum atomic E-state index is -4.74. The number of rotatable bonds is 7. The fourth-order valence-corrected chi connectivity index (χ4v) is 6.54. The third-order valence-corrected chi connectivity index (χ3v) is 9.12. The Hall–Kier alpha value is -4.39. The molecule has 4 heterocycles. The number of aliphatic carboxylic acids is 1. The molecule has 13 heteroatoms. The third-order valence-electron chi connectivity index (χ3n) is 9.12. The molecule has 4 N–H and O–H groups in total. The van der Waals surface area contributed by atoms with Crippen LogP contribution in [0.25, 0.3) is 11.1 Å². The van der Waals surface area contributed by atoms with Gasteiger partial charge in [-0.05, 0) is 60.8 Å². The summed E-state index contributed by atoms with van der Waals surface area (Å²) >= 11 is 0. The molecule has 3 saturated heterocycles. The average Bonchev–Trinajstić information content (AvgIpc) is 3.71. The SMILES string of the molecule is Nc1nc(O[C@H](c2ccc(-c3ccc(C(=O)N4CCCC4)cc3)cc2)C(F)(F)F)cc(N2CCC3(CC2)CNC(C(=O)O)C3)n1. The number of anilines is 2. The van der Waals surface area contributed by atoms with Crippen molar-refractivity contribution in [3.8, 4) is 17.0 Å². The monoisotopic (exact) mass is 624 g/mol. The number of nitrogen functional groups attached to an aromatic ring is 1. The zero-order valence-electron chi connectivity index (χ0n) is 24.6. The lowest BCUT2D eigenvalue weighted by molar-refractivity contribution is -0.198. The summed E-state index contributed by atoms with van der Waals surface area (Å²) in [5.41, 5.74) is 7.70. The van der Waals surface area contributed by atoms with E-state index in [4.69, 9.17) is 10.5 Å². The first-order chi connectivity index (χ1) is 21.5. The van der Waals surface area contributed by atoms with Crippen LogP contribution in [0.15, 0.2) is 54.6 Å². The lowest BCUT2D eigenvalue weighted by Crippen LogP contribution is -2.41. The minimum Gasteiger partial charge on any atom is -0.480 e. The minimum absolute atomic E-state index is 0.0164. The number of hydrogen-bond donors (Lipinski definition) is 3. The van der Waals surface area contributed by atoms with E-state index in [1.165, 1.54) is 18.2 Å². The summed E-state index contributed by atoms with van der Waals surface area (Å²) in [5.74, 6) is -1.03. The van der Waals surface area contributed by atoms with E-state index >= 15 is 0 Å². The van der Waals surface area contributed by atoms with Crippen LogP contribution in [0.4, 0.5) is 24.9 Å². The number of carboxylic acids is 1. The molecule has 3 aliphatic rings. The molecular weight excluding hydrogens is 589 g/mol. The maximum atomic E-state index is 14.3. The van der Waals surface area contributed by atoms with Crippen LogP contribution in [-0.2, 0) is 4.79 Å². The summed E-state index contributed by atoms with van der Waals surface area (Å²) in [5, 5.41) is 12.4. The van der Waals surface area contributed by atoms with Gasteiger partial charge in [0.15, 0.2) is 0 Å². The Labute approximate surface area is 258 Å². The molecule has 2 aromatic carbocycles. The van der Waals surface area contributed by atoms with Gasteiger partial charge in [-0.3, -0.25) is 9.59 Å². The Morgan fingerprint density at radius 1 is 0.978 bits per heavy atom. The zero-order valence-corrected chi connectivity index (χ0v) is 24.6. The van der Waals surface area contributed by atoms with Crippen molar-refractivity contribution < 1.29 is 32.6 Å². The van der Waals surface area contributed by atoms with Crippen molar-refractivity contribution in [3.63, 3.8) is 0 Å². The van der Waals surface area contributed by atoms with E-state index in [2.05, 4.69) is 15.3 Å². The number of carboxylic acid groups (broad SMARTS) is 1. The second-order valence-electron chi connectivity index (χ2n) is 12.1. The van der Waals surface area contributed by atoms with Crippen LogP contribution in [0.2, 0.25) is 0 Å². The Morgan fingerprint density at radius 3 is 2.18 bits per heavy atom. The standard InChI is InChI=1S/C32H35F3N6O4/c33-32(34,35)27(22-7-3-20(4-8-22)21-5-9-23(10-6-21)28(42)41-13-1-2-14-41)45-26-17-25(38-30(36)39-26)40-15-11-31(12-16-40)18-24(29(43)44)37-19-31/h3-10,17,24,27,37H,1-2,11-16,18-19H2,(H,43,44)(H2,36,38,39)/t24?,27-/m1/s1. The number of piperidine rings is 1. The summed E-state index contributed by atoms with van der Waals surface area (Å²) in [6.45, 7) is 3.19. The van der Waals surface area contributed by atoms with Gasteiger partial charge in [0.25, 0.3) is 5.91 Å². The lowest BCUT2D eigenvalue weighted by Gasteiger charge is -2.39. The van der Waals surface area contributed by atoms with Crippen LogP contribution >= 0.6 is 0 Å². The lowest BCUT2D eigenvalue weighted by atomic mass is 9.76. The van der Waals surface area contributed by atoms with Gasteiger partial charge < -0.3 is 30.7 Å². The largest absolute Gasteiger partial charge is 0.480 e. The van der Waals surface area contributed by atoms with Gasteiger partial charge >= 0.3 is 12.1 Å². The van der Waals surface area contributed by atoms with E-state index < -0.39 is 24.3 Å². The van der Waals surface area contributed by atoms with Gasteiger partial charge in [-0.15, -0.1) is 0 Å². The highest BCUT2D eigenvalue weighted by atomic mass is 19.4. The summed E-state index contributed by atoms with van der Waals surface area (Å²) in [6, 6.07) is 13.8. The van der Waals surface area contributed by atoms with E-state index in [-0.39, 0.29) is 28.7 Å². The smallest absolute Gasteiger partial charge is 0.429 e. The quantitative estimate of drug-likeness (QED) is 0.343. The molecule has 2 atom stereocenters. The van der Waals surface area contributed by atoms with Gasteiger partial charge in [-0.2, -0.15) is 23.1 Å². The molecule has 45 heavy (non-hydrogen) atoms. The van der Waals surface area contributed by atoms with Gasteiger partial charge in [0.2, 0.25) is 17.9 Å². The van der Waals surface area contributed by atoms with Crippen molar-refractivity contribution in [1.82, 2.24) is 20.2 Å². The number of halogens is 3. The zero-order chi connectivity index (χ0) is 31.8. The number of nitrogens with two attached hydrogens (primary N) is 1. The molecule has 0 aliphatic carbocycles. The second-order valence-corrected chi connectivity index (χ2v) is 12.1. The van der Waals surface area contributed by atoms with Crippen molar-refractivity contribution in [1.29, 1.82) is 0 Å². The first-order valence-electron chi connectivity index (χ1n) is 15.1. The number of ether oxygens (including phenoxy) is 1. The topological polar surface area (TPSA) is 134 Å². The number of nitrogens with one attached hydrogen (secondary N) is 1. The van der Waals surface area contributed by atoms with Gasteiger partial charge in [0.05, 0.1) is 0 Å². The number of benzene rings is 2. The number of alkyl halides is 3. The van der Waals surface area contributed by atoms with Gasteiger partial charge in [-0.1, -0.05) is 36.4 Å². The first kappa shape index (κ1) is 30.6. The summed E-state index contributed by atoms with van der Waals surface area (Å²) < 4.78 is 48.3. The van der Waals surface area contributed by atoms with Crippen LogP contribution < -0.4 is 20.7 Å². The van der Waals surface area contributed by atoms with Gasteiger partial charge in [-0.25, -0.2) is 0 Å². The molecule has 1 unspecified atom stereocenters. The van der Waals surface area contributed by atoms with E-state index in [1.54, 1.807) is 36.4 Å². The van der Waals surface area contributed by atoms with Crippen LogP contribution in [0.3, 0.4) is 0 Å². The number of amides is 1. The Morgan fingerprint density at radius 2 is 1.60 bits per heavy atom. The number of carbonyl (C=O) groups excluding carboxylic acids is 1. The number of hydrogen-bond acceptors (Lipinski definition) is 8. The predicted molar refractivity (Wildman–Crippen MR) is 161 cm³/mol. The molecule has 10 nitrogen and oxygen atoms in total. The van der Waals surface area contributed by atoms with Crippen molar-refractivity contribution in [2.75, 3.05) is 43.4 Å². The number of likely N-dealkylation sites (tertiary alicyclic amines) is 1. The molecule has 3 aliphatic heterocycles. The first-order valence-corrected chi connectivity index (χ1v) is 15.1. The van der Waals surface area contributed by atoms with Gasteiger partial charge in [0.1, 0.15) is 11.9 Å². The summed E-state index contributed by atoms with van der Waals surface area (Å²) in [6.07, 6.45) is -3.09. The Kier molecular flexibility index (Phi) is 8.29. The van der Waals surface area contributed by atoms with Crippen molar-refractivity contribution in [2.24, 2.45) is 5.41 Å². The molecule has 1 amide bonds. The van der Waals surface area contributed by atoms with E-state index in [0.717, 1.165) is 31.5 Å². The van der Waals surface area contributed by atoms with Crippen LogP contribution in [0.1, 0.15) is 54.1 Å². The van der Waals surface area contributed by atoms with E-state index in [0.29, 0.717) is 55.8 Å². The van der Waals surface area contributed by atoms with Gasteiger partial charge in [0, 0.05) is 49.9 Å². The van der Waals surface area contributed by atoms with Crippen LogP contribution in [0.5, 0.6) is 5.88 Å². The molecule has 0 bridgehead atoms. The van der Waals surface area contributed by atoms with Crippen LogP contribution in [-0.4, -0.2) is 76.8 Å². The maximum Gasteiger partial charge on any atom is 0.429 e. The molecular formula is C32H35F3N6O4. The Bertz CT molecular complexity index is 1540. The molecule has 1 aromatic heterocycles. The highest BCUT2D eigenvalue weighted by Gasteiger charge is 2.45. The highest BCUT2D eigenvalue weighted by Crippen LogP contribution is 2.41. The highest BCUT2D eigenvalue weighted by molar-refractivity contribution is 5.94. The van der Waals surface area contributed by atoms with Crippen molar-refractivity contribution in [3.05, 3.63) is 65.7 Å². The number of nitrogens with zero attached hydrogens (tertiary/aromatic N) is 4. The fraction of sp³-hybridized carbons (Fsp3) is 0.438. The summed E-state index contributed by atoms with van der Waals surface area (Å²) in [7, 11) is 0. The maximum absolute atomic E-state index is 14.3. The molecule has 3 fully saturated rings. The second kappa shape index (κ2) is 12.2. The normalized spacial score (nSPS) is 20.4. The number of aromatic nitrogens is 2. The van der Waals surface area contributed by atoms with E-state index in [9.17, 15) is 27.9 Å². The Balaban J connectivity index is 1.15. The van der Waals surface area contributed by atoms with Crippen molar-refractivity contribution >= 4 is 23.6 Å². The molecule has 3 aromatic rings. The third kappa shape index (κ3) is 6.68. The molecule has 0 radical (unpaired) electrons. The molecule has 0 saturated carbocycles. The molecule has 238 valence electrons. The molecule has 1 spiro atoms. The van der Waals surface area contributed by atoms with E-state index in [1.807, 2.05) is 9.80 Å². The fourth-order valence-electron chi connectivity index (χ4n) is 6.54. The predicted octanol–water partition coefficient (Wildman–Crippen LogP) is 4.68. The number of carbonyl (C=O) groups is 2. The van der Waals surface area contributed by atoms with Crippen molar-refractivity contribution in [2.45, 2.75) is 50.4 Å². The van der Waals surface area contributed by atoms with Crippen LogP contribution in [0, 0.1) is 5.41 Å². The molecule has 6 rings (SSSR count). The summed E-state index contributed by atoms with van der Waals surface area (Å²) in [4.78, 5) is 35.9.